The van der Waals surface area contributed by atoms with Gasteiger partial charge in [0.15, 0.2) is 0 Å². The number of nitrogens with two attached hydrogens (primary N) is 1. The van der Waals surface area contributed by atoms with Crippen LogP contribution in [0, 0.1) is 5.92 Å². The molecular formula is C12H24N2O3. The Labute approximate surface area is 103 Å². The predicted octanol–water partition coefficient (Wildman–Crippen LogP) is 0.0159. The van der Waals surface area contributed by atoms with Crippen LogP contribution in [0.1, 0.15) is 33.6 Å². The number of nitrogens with one attached hydrogen (secondary N) is 1. The van der Waals surface area contributed by atoms with Gasteiger partial charge in [0.05, 0.1) is 12.1 Å². The second-order valence-corrected chi connectivity index (χ2v) is 5.32. The van der Waals surface area contributed by atoms with E-state index in [4.69, 9.17) is 10.5 Å². The molecule has 1 amide bonds. The highest BCUT2D eigenvalue weighted by Gasteiger charge is 2.39. The maximum Gasteiger partial charge on any atom is 0.237 e. The van der Waals surface area contributed by atoms with Crippen molar-refractivity contribution in [3.63, 3.8) is 0 Å². The van der Waals surface area contributed by atoms with E-state index in [1.807, 2.05) is 20.8 Å². The molecule has 1 rings (SSSR count). The summed E-state index contributed by atoms with van der Waals surface area (Å²) in [4.78, 5) is 11.7. The lowest BCUT2D eigenvalue weighted by atomic mass is 9.96. The van der Waals surface area contributed by atoms with E-state index in [1.165, 1.54) is 0 Å². The van der Waals surface area contributed by atoms with Crippen LogP contribution in [0.15, 0.2) is 0 Å². The topological polar surface area (TPSA) is 84.6 Å². The molecule has 0 radical (unpaired) electrons. The van der Waals surface area contributed by atoms with Crippen LogP contribution in [0.2, 0.25) is 0 Å². The van der Waals surface area contributed by atoms with Gasteiger partial charge < -0.3 is 20.9 Å². The normalized spacial score (nSPS) is 30.6. The molecule has 0 bridgehead atoms. The molecule has 100 valence electrons. The van der Waals surface area contributed by atoms with Gasteiger partial charge in [-0.2, -0.15) is 0 Å². The van der Waals surface area contributed by atoms with E-state index in [0.29, 0.717) is 25.4 Å². The maximum atomic E-state index is 11.7. The second kappa shape index (κ2) is 5.80. The number of hydrogen-bond donors (Lipinski definition) is 3. The molecule has 0 spiro atoms. The molecule has 1 aliphatic heterocycles. The van der Waals surface area contributed by atoms with Crippen LogP contribution in [-0.2, 0) is 9.53 Å². The first-order chi connectivity index (χ1) is 7.85. The van der Waals surface area contributed by atoms with Crippen molar-refractivity contribution in [2.45, 2.75) is 51.4 Å². The highest BCUT2D eigenvalue weighted by atomic mass is 16.5. The first kappa shape index (κ1) is 14.4. The van der Waals surface area contributed by atoms with Gasteiger partial charge in [-0.25, -0.2) is 0 Å². The van der Waals surface area contributed by atoms with Gasteiger partial charge in [-0.3, -0.25) is 4.79 Å². The minimum atomic E-state index is -0.951. The highest BCUT2D eigenvalue weighted by Crippen LogP contribution is 2.24. The van der Waals surface area contributed by atoms with Gasteiger partial charge in [-0.1, -0.05) is 13.8 Å². The number of amides is 1. The Morgan fingerprint density at radius 3 is 2.76 bits per heavy atom. The number of rotatable bonds is 5. The van der Waals surface area contributed by atoms with Crippen molar-refractivity contribution in [3.8, 4) is 0 Å². The second-order valence-electron chi connectivity index (χ2n) is 5.32. The third kappa shape index (κ3) is 3.94. The summed E-state index contributed by atoms with van der Waals surface area (Å²) in [6.07, 6.45) is 0.952. The Bertz CT molecular complexity index is 270. The Kier molecular flexibility index (Phi) is 4.91. The third-order valence-electron chi connectivity index (χ3n) is 3.29. The molecule has 0 aromatic heterocycles. The van der Waals surface area contributed by atoms with Crippen LogP contribution in [0.3, 0.4) is 0 Å². The quantitative estimate of drug-likeness (QED) is 0.636. The molecule has 5 heteroatoms. The molecule has 0 saturated carbocycles. The van der Waals surface area contributed by atoms with Crippen LogP contribution < -0.4 is 11.1 Å². The largest absolute Gasteiger partial charge is 0.385 e. The van der Waals surface area contributed by atoms with Crippen molar-refractivity contribution >= 4 is 5.91 Å². The first-order valence-corrected chi connectivity index (χ1v) is 6.22. The van der Waals surface area contributed by atoms with Gasteiger partial charge in [0.25, 0.3) is 0 Å². The van der Waals surface area contributed by atoms with E-state index >= 15 is 0 Å². The van der Waals surface area contributed by atoms with Gasteiger partial charge in [-0.05, 0) is 19.3 Å². The van der Waals surface area contributed by atoms with E-state index in [0.717, 1.165) is 0 Å². The van der Waals surface area contributed by atoms with Crippen LogP contribution in [0.4, 0.5) is 0 Å². The standard InChI is InChI=1S/C12H24N2O3/c1-8(2)6-10(13)11(15)14-7-12(16)4-5-17-9(12)3/h8-10,16H,4-7,13H2,1-3H3,(H,14,15)/t9?,10-,12?/m1/s1. The van der Waals surface area contributed by atoms with Gasteiger partial charge >= 0.3 is 0 Å². The van der Waals surface area contributed by atoms with Crippen molar-refractivity contribution in [2.24, 2.45) is 11.7 Å². The zero-order valence-electron chi connectivity index (χ0n) is 10.9. The van der Waals surface area contributed by atoms with Crippen LogP contribution >= 0.6 is 0 Å². The number of carbonyl (C=O) groups is 1. The van der Waals surface area contributed by atoms with E-state index in [2.05, 4.69) is 5.32 Å². The molecule has 5 nitrogen and oxygen atoms in total. The predicted molar refractivity (Wildman–Crippen MR) is 65.4 cm³/mol. The van der Waals surface area contributed by atoms with Crippen molar-refractivity contribution in [3.05, 3.63) is 0 Å². The molecule has 1 heterocycles. The summed E-state index contributed by atoms with van der Waals surface area (Å²) in [5, 5.41) is 12.9. The van der Waals surface area contributed by atoms with Crippen molar-refractivity contribution in [1.29, 1.82) is 0 Å². The molecular weight excluding hydrogens is 220 g/mol. The fourth-order valence-electron chi connectivity index (χ4n) is 1.99. The molecule has 4 N–H and O–H groups in total. The Morgan fingerprint density at radius 2 is 2.29 bits per heavy atom. The van der Waals surface area contributed by atoms with Gasteiger partial charge in [0.1, 0.15) is 5.60 Å². The van der Waals surface area contributed by atoms with Crippen molar-refractivity contribution in [2.75, 3.05) is 13.2 Å². The molecule has 0 aliphatic carbocycles. The summed E-state index contributed by atoms with van der Waals surface area (Å²) in [7, 11) is 0. The number of carbonyl (C=O) groups excluding carboxylic acids is 1. The first-order valence-electron chi connectivity index (χ1n) is 6.22. The SMILES string of the molecule is CC(C)C[C@@H](N)C(=O)NCC1(O)CCOC1C. The van der Waals surface area contributed by atoms with Gasteiger partial charge in [0, 0.05) is 19.6 Å². The summed E-state index contributed by atoms with van der Waals surface area (Å²) < 4.78 is 5.29. The van der Waals surface area contributed by atoms with Crippen LogP contribution in [0.5, 0.6) is 0 Å². The molecule has 3 atom stereocenters. The molecule has 2 unspecified atom stereocenters. The Hall–Kier alpha value is -0.650. The molecule has 1 fully saturated rings. The number of aliphatic hydroxyl groups is 1. The van der Waals surface area contributed by atoms with Crippen LogP contribution in [-0.4, -0.2) is 41.9 Å². The van der Waals surface area contributed by atoms with E-state index < -0.39 is 11.6 Å². The zero-order valence-corrected chi connectivity index (χ0v) is 10.9. The monoisotopic (exact) mass is 244 g/mol. The smallest absolute Gasteiger partial charge is 0.237 e. The van der Waals surface area contributed by atoms with Gasteiger partial charge in [0.2, 0.25) is 5.91 Å². The Balaban J connectivity index is 2.37. The van der Waals surface area contributed by atoms with Crippen LogP contribution in [0.25, 0.3) is 0 Å². The molecule has 0 aromatic carbocycles. The Morgan fingerprint density at radius 1 is 1.65 bits per heavy atom. The fourth-order valence-corrected chi connectivity index (χ4v) is 1.99. The molecule has 1 aliphatic rings. The molecule has 17 heavy (non-hydrogen) atoms. The summed E-state index contributed by atoms with van der Waals surface area (Å²) in [5.41, 5.74) is 4.80. The molecule has 0 aromatic rings. The molecule has 1 saturated heterocycles. The lowest BCUT2D eigenvalue weighted by Gasteiger charge is -2.27. The van der Waals surface area contributed by atoms with Crippen molar-refractivity contribution in [1.82, 2.24) is 5.32 Å². The summed E-state index contributed by atoms with van der Waals surface area (Å²) >= 11 is 0. The summed E-state index contributed by atoms with van der Waals surface area (Å²) in [5.74, 6) is 0.179. The minimum absolute atomic E-state index is 0.203. The average Bonchev–Trinajstić information content (AvgIpc) is 2.55. The number of hydrogen-bond acceptors (Lipinski definition) is 4. The number of ether oxygens (including phenoxy) is 1. The zero-order chi connectivity index (χ0) is 13.1. The third-order valence-corrected chi connectivity index (χ3v) is 3.29. The lowest BCUT2D eigenvalue weighted by Crippen LogP contribution is -2.51. The fraction of sp³-hybridized carbons (Fsp3) is 0.917. The van der Waals surface area contributed by atoms with E-state index in [-0.39, 0.29) is 18.6 Å². The van der Waals surface area contributed by atoms with Crippen molar-refractivity contribution < 1.29 is 14.6 Å². The van der Waals surface area contributed by atoms with E-state index in [9.17, 15) is 9.90 Å². The van der Waals surface area contributed by atoms with E-state index in [1.54, 1.807) is 0 Å². The summed E-state index contributed by atoms with van der Waals surface area (Å²) in [6.45, 7) is 6.60. The average molecular weight is 244 g/mol. The minimum Gasteiger partial charge on any atom is -0.385 e. The van der Waals surface area contributed by atoms with Gasteiger partial charge in [-0.15, -0.1) is 0 Å². The summed E-state index contributed by atoms with van der Waals surface area (Å²) in [6, 6.07) is -0.503. The lowest BCUT2D eigenvalue weighted by molar-refractivity contribution is -0.124. The maximum absolute atomic E-state index is 11.7. The highest BCUT2D eigenvalue weighted by molar-refractivity contribution is 5.81.